The van der Waals surface area contributed by atoms with Gasteiger partial charge in [0, 0.05) is 12.8 Å². The van der Waals surface area contributed by atoms with E-state index in [4.69, 9.17) is 9.47 Å². The van der Waals surface area contributed by atoms with Crippen molar-refractivity contribution in [1.29, 1.82) is 0 Å². The maximum absolute atomic E-state index is 13.3. The predicted molar refractivity (Wildman–Crippen MR) is 51.9 cm³/mol. The fraction of sp³-hybridized carbons (Fsp3) is 0.400. The number of benzene rings is 1. The summed E-state index contributed by atoms with van der Waals surface area (Å²) in [5.74, 6) is -0.164. The Hall–Kier alpha value is -0.770. The van der Waals surface area contributed by atoms with Crippen molar-refractivity contribution in [2.24, 2.45) is 0 Å². The van der Waals surface area contributed by atoms with Crippen molar-refractivity contribution >= 4 is 15.9 Å². The second kappa shape index (κ2) is 2.63. The largest absolute Gasteiger partial charge is 0.447 e. The highest BCUT2D eigenvalue weighted by Gasteiger charge is 2.48. The lowest BCUT2D eigenvalue weighted by Crippen LogP contribution is -2.45. The molecule has 0 N–H and O–H groups in total. The van der Waals surface area contributed by atoms with E-state index in [1.54, 1.807) is 6.07 Å². The molecule has 1 fully saturated rings. The van der Waals surface area contributed by atoms with Gasteiger partial charge in [0.15, 0.2) is 11.6 Å². The third-order valence-corrected chi connectivity index (χ3v) is 3.33. The smallest absolute Gasteiger partial charge is 0.251 e. The molecule has 0 aromatic heterocycles. The fourth-order valence-corrected chi connectivity index (χ4v) is 2.16. The first-order valence-electron chi connectivity index (χ1n) is 4.56. The number of hydrogen-bond acceptors (Lipinski definition) is 2. The van der Waals surface area contributed by atoms with E-state index >= 15 is 0 Å². The molecule has 0 unspecified atom stereocenters. The molecule has 2 aliphatic rings. The number of halogens is 2. The average Bonchev–Trinajstić information content (AvgIpc) is 2.52. The lowest BCUT2D eigenvalue weighted by molar-refractivity contribution is -0.139. The van der Waals surface area contributed by atoms with E-state index < -0.39 is 5.79 Å². The van der Waals surface area contributed by atoms with Gasteiger partial charge >= 0.3 is 0 Å². The highest BCUT2D eigenvalue weighted by atomic mass is 79.9. The van der Waals surface area contributed by atoms with Gasteiger partial charge in [-0.25, -0.2) is 4.39 Å². The van der Waals surface area contributed by atoms with E-state index in [1.165, 1.54) is 6.07 Å². The Morgan fingerprint density at radius 3 is 2.50 bits per heavy atom. The highest BCUT2D eigenvalue weighted by molar-refractivity contribution is 9.10. The summed E-state index contributed by atoms with van der Waals surface area (Å²) in [4.78, 5) is 0. The summed E-state index contributed by atoms with van der Waals surface area (Å²) in [6.07, 6.45) is 2.76. The first-order valence-corrected chi connectivity index (χ1v) is 5.36. The van der Waals surface area contributed by atoms with Gasteiger partial charge in [0.25, 0.3) is 5.79 Å². The zero-order valence-corrected chi connectivity index (χ0v) is 8.93. The Labute approximate surface area is 89.1 Å². The molecule has 1 heterocycles. The highest BCUT2D eigenvalue weighted by Crippen LogP contribution is 2.51. The van der Waals surface area contributed by atoms with E-state index in [2.05, 4.69) is 15.9 Å². The van der Waals surface area contributed by atoms with Crippen molar-refractivity contribution in [3.8, 4) is 11.5 Å². The van der Waals surface area contributed by atoms with Gasteiger partial charge in [-0.3, -0.25) is 0 Å². The number of rotatable bonds is 0. The van der Waals surface area contributed by atoms with Crippen molar-refractivity contribution in [2.45, 2.75) is 25.0 Å². The van der Waals surface area contributed by atoms with Crippen LogP contribution in [0, 0.1) is 5.82 Å². The average molecular weight is 259 g/mol. The molecule has 1 aliphatic heterocycles. The molecule has 1 spiro atoms. The van der Waals surface area contributed by atoms with E-state index in [9.17, 15) is 4.39 Å². The molecular formula is C10H8BrFO2. The van der Waals surface area contributed by atoms with Gasteiger partial charge in [0.05, 0.1) is 4.47 Å². The summed E-state index contributed by atoms with van der Waals surface area (Å²) in [7, 11) is 0. The molecule has 3 rings (SSSR count). The second-order valence-electron chi connectivity index (χ2n) is 3.66. The zero-order chi connectivity index (χ0) is 9.76. The minimum atomic E-state index is -0.562. The summed E-state index contributed by atoms with van der Waals surface area (Å²) in [5.41, 5.74) is 0. The maximum Gasteiger partial charge on any atom is 0.251 e. The molecule has 0 amide bonds. The van der Waals surface area contributed by atoms with Crippen LogP contribution in [0.2, 0.25) is 0 Å². The summed E-state index contributed by atoms with van der Waals surface area (Å²) in [6.45, 7) is 0. The van der Waals surface area contributed by atoms with Gasteiger partial charge in [0.2, 0.25) is 5.75 Å². The minimum Gasteiger partial charge on any atom is -0.447 e. The van der Waals surface area contributed by atoms with Crippen LogP contribution in [0.25, 0.3) is 0 Å². The quantitative estimate of drug-likeness (QED) is 0.712. The molecule has 0 atom stereocenters. The molecule has 2 nitrogen and oxygen atoms in total. The topological polar surface area (TPSA) is 18.5 Å². The molecule has 1 saturated carbocycles. The summed E-state index contributed by atoms with van der Waals surface area (Å²) < 4.78 is 25.2. The van der Waals surface area contributed by atoms with E-state index in [0.717, 1.165) is 23.7 Å². The van der Waals surface area contributed by atoms with Crippen molar-refractivity contribution in [3.05, 3.63) is 22.4 Å². The van der Waals surface area contributed by atoms with E-state index in [0.29, 0.717) is 5.75 Å². The number of ether oxygens (including phenoxy) is 2. The first-order chi connectivity index (χ1) is 6.70. The molecule has 74 valence electrons. The van der Waals surface area contributed by atoms with Crippen LogP contribution in [0.5, 0.6) is 11.5 Å². The first kappa shape index (κ1) is 8.53. The lowest BCUT2D eigenvalue weighted by atomic mass is 9.91. The third-order valence-electron chi connectivity index (χ3n) is 2.71. The van der Waals surface area contributed by atoms with Gasteiger partial charge in [0.1, 0.15) is 0 Å². The van der Waals surface area contributed by atoms with Gasteiger partial charge in [-0.15, -0.1) is 0 Å². The summed E-state index contributed by atoms with van der Waals surface area (Å²) in [5, 5.41) is 0. The SMILES string of the molecule is Fc1ccc(Br)c2c1OC1(CCC1)O2. The summed E-state index contributed by atoms with van der Waals surface area (Å²) in [6, 6.07) is 3.01. The van der Waals surface area contributed by atoms with Crippen LogP contribution < -0.4 is 9.47 Å². The minimum absolute atomic E-state index is 0.249. The standard InChI is InChI=1S/C10H8BrFO2/c11-6-2-3-7(12)9-8(6)13-10(14-9)4-1-5-10/h2-3H,1,4-5H2. The molecule has 0 saturated heterocycles. The van der Waals surface area contributed by atoms with E-state index in [-0.39, 0.29) is 11.6 Å². The maximum atomic E-state index is 13.3. The van der Waals surface area contributed by atoms with Gasteiger partial charge < -0.3 is 9.47 Å². The van der Waals surface area contributed by atoms with Crippen LogP contribution in [-0.2, 0) is 0 Å². The van der Waals surface area contributed by atoms with Crippen LogP contribution in [0.1, 0.15) is 19.3 Å². The lowest BCUT2D eigenvalue weighted by Gasteiger charge is -2.35. The number of hydrogen-bond donors (Lipinski definition) is 0. The summed E-state index contributed by atoms with van der Waals surface area (Å²) >= 11 is 3.31. The van der Waals surface area contributed by atoms with Gasteiger partial charge in [-0.1, -0.05) is 0 Å². The van der Waals surface area contributed by atoms with Crippen molar-refractivity contribution < 1.29 is 13.9 Å². The fourth-order valence-electron chi connectivity index (χ4n) is 1.77. The van der Waals surface area contributed by atoms with Crippen LogP contribution in [0.15, 0.2) is 16.6 Å². The molecule has 1 aromatic rings. The Morgan fingerprint density at radius 1 is 1.21 bits per heavy atom. The zero-order valence-electron chi connectivity index (χ0n) is 7.35. The van der Waals surface area contributed by atoms with Crippen molar-refractivity contribution in [1.82, 2.24) is 0 Å². The molecule has 14 heavy (non-hydrogen) atoms. The second-order valence-corrected chi connectivity index (χ2v) is 4.51. The van der Waals surface area contributed by atoms with Gasteiger partial charge in [-0.2, -0.15) is 0 Å². The van der Waals surface area contributed by atoms with Crippen molar-refractivity contribution in [2.75, 3.05) is 0 Å². The number of fused-ring (bicyclic) bond motifs is 1. The molecule has 0 radical (unpaired) electrons. The molecule has 1 aliphatic carbocycles. The molecule has 0 bridgehead atoms. The Kier molecular flexibility index (Phi) is 1.60. The van der Waals surface area contributed by atoms with Crippen molar-refractivity contribution in [3.63, 3.8) is 0 Å². The normalized spacial score (nSPS) is 21.0. The monoisotopic (exact) mass is 258 g/mol. The molecule has 1 aromatic carbocycles. The third kappa shape index (κ3) is 1.00. The molecule has 4 heteroatoms. The predicted octanol–water partition coefficient (Wildman–Crippen LogP) is 3.24. The van der Waals surface area contributed by atoms with Crippen LogP contribution in [0.4, 0.5) is 4.39 Å². The Morgan fingerprint density at radius 2 is 1.93 bits per heavy atom. The van der Waals surface area contributed by atoms with Crippen LogP contribution >= 0.6 is 15.9 Å². The Bertz CT molecular complexity index is 368. The van der Waals surface area contributed by atoms with Crippen LogP contribution in [-0.4, -0.2) is 5.79 Å². The van der Waals surface area contributed by atoms with Crippen LogP contribution in [0.3, 0.4) is 0 Å². The molecular weight excluding hydrogens is 251 g/mol. The van der Waals surface area contributed by atoms with Gasteiger partial charge in [-0.05, 0) is 34.5 Å². The Balaban J connectivity index is 2.08. The van der Waals surface area contributed by atoms with E-state index in [1.807, 2.05) is 0 Å².